The van der Waals surface area contributed by atoms with Crippen LogP contribution in [0.5, 0.6) is 0 Å². The average molecular weight is 457 g/mol. The predicted octanol–water partition coefficient (Wildman–Crippen LogP) is 4.30. The fourth-order valence-corrected chi connectivity index (χ4v) is 4.36. The Bertz CT molecular complexity index is 820. The summed E-state index contributed by atoms with van der Waals surface area (Å²) < 4.78 is 7.21. The van der Waals surface area contributed by atoms with E-state index in [1.165, 1.54) is 32.1 Å². The Kier molecular flexibility index (Phi) is 10.6. The molecule has 182 valence electrons. The third kappa shape index (κ3) is 8.42. The number of nitrogens with one attached hydrogen (secondary N) is 2. The van der Waals surface area contributed by atoms with Crippen molar-refractivity contribution in [1.82, 2.24) is 24.8 Å². The van der Waals surface area contributed by atoms with Gasteiger partial charge in [-0.1, -0.05) is 45.4 Å². The standard InChI is InChI=1S/C25H40N6O2/c1-3-5-12-21-18-23(30-25(28-21)31-15-14-26-19-31)29-22(17-20-10-7-6-8-11-20)24(32)27-13-9-16-33-4-2/h14-15,18-20,22H,3-13,16-17H2,1-2H3,(H,27,32)(H,28,29,30)/t22-/m0/s1. The smallest absolute Gasteiger partial charge is 0.242 e. The highest BCUT2D eigenvalue weighted by molar-refractivity contribution is 5.84. The third-order valence-electron chi connectivity index (χ3n) is 6.19. The second-order valence-corrected chi connectivity index (χ2v) is 8.90. The summed E-state index contributed by atoms with van der Waals surface area (Å²) >= 11 is 0. The Balaban J connectivity index is 1.74. The van der Waals surface area contributed by atoms with Crippen LogP contribution in [0, 0.1) is 5.92 Å². The van der Waals surface area contributed by atoms with Gasteiger partial charge in [-0.3, -0.25) is 9.36 Å². The molecule has 2 N–H and O–H groups in total. The highest BCUT2D eigenvalue weighted by Crippen LogP contribution is 2.28. The maximum atomic E-state index is 13.2. The molecule has 2 heterocycles. The molecule has 0 saturated heterocycles. The summed E-state index contributed by atoms with van der Waals surface area (Å²) in [5, 5.41) is 6.57. The fourth-order valence-electron chi connectivity index (χ4n) is 4.36. The summed E-state index contributed by atoms with van der Waals surface area (Å²) in [5.74, 6) is 1.89. The van der Waals surface area contributed by atoms with Crippen molar-refractivity contribution in [3.05, 3.63) is 30.5 Å². The summed E-state index contributed by atoms with van der Waals surface area (Å²) in [6.45, 7) is 6.14. The summed E-state index contributed by atoms with van der Waals surface area (Å²) in [6, 6.07) is 1.68. The first kappa shape index (κ1) is 25.1. The maximum absolute atomic E-state index is 13.2. The van der Waals surface area contributed by atoms with Crippen LogP contribution in [0.15, 0.2) is 24.8 Å². The van der Waals surface area contributed by atoms with Crippen LogP contribution in [-0.2, 0) is 16.0 Å². The number of hydrogen-bond acceptors (Lipinski definition) is 6. The lowest BCUT2D eigenvalue weighted by atomic mass is 9.84. The van der Waals surface area contributed by atoms with Gasteiger partial charge in [0.2, 0.25) is 11.9 Å². The topological polar surface area (TPSA) is 94.0 Å². The van der Waals surface area contributed by atoms with Crippen LogP contribution < -0.4 is 10.6 Å². The SMILES string of the molecule is CCCCc1cc(N[C@@H](CC2CCCCC2)C(=O)NCCCOCC)nc(-n2ccnc2)n1. The molecule has 8 nitrogen and oxygen atoms in total. The molecule has 0 bridgehead atoms. The first-order valence-corrected chi connectivity index (χ1v) is 12.7. The highest BCUT2D eigenvalue weighted by atomic mass is 16.5. The average Bonchev–Trinajstić information content (AvgIpc) is 3.38. The zero-order valence-electron chi connectivity index (χ0n) is 20.3. The molecule has 2 aromatic rings. The zero-order valence-corrected chi connectivity index (χ0v) is 20.3. The second kappa shape index (κ2) is 13.9. The quantitative estimate of drug-likeness (QED) is 0.412. The number of ether oxygens (including phenoxy) is 1. The van der Waals surface area contributed by atoms with Gasteiger partial charge in [0, 0.05) is 43.9 Å². The lowest BCUT2D eigenvalue weighted by molar-refractivity contribution is -0.122. The molecule has 0 aliphatic heterocycles. The Labute approximate surface area is 198 Å². The van der Waals surface area contributed by atoms with E-state index >= 15 is 0 Å². The third-order valence-corrected chi connectivity index (χ3v) is 6.19. The Morgan fingerprint density at radius 3 is 2.79 bits per heavy atom. The number of carbonyl (C=O) groups excluding carboxylic acids is 1. The predicted molar refractivity (Wildman–Crippen MR) is 130 cm³/mol. The molecular weight excluding hydrogens is 416 g/mol. The van der Waals surface area contributed by atoms with Crippen molar-refractivity contribution < 1.29 is 9.53 Å². The summed E-state index contributed by atoms with van der Waals surface area (Å²) in [6.07, 6.45) is 16.2. The lowest BCUT2D eigenvalue weighted by Crippen LogP contribution is -2.42. The van der Waals surface area contributed by atoms with E-state index in [4.69, 9.17) is 14.7 Å². The Hall–Kier alpha value is -2.48. The van der Waals surface area contributed by atoms with Gasteiger partial charge in [0.1, 0.15) is 18.2 Å². The van der Waals surface area contributed by atoms with Crippen LogP contribution in [0.3, 0.4) is 0 Å². The van der Waals surface area contributed by atoms with Crippen molar-refractivity contribution in [3.63, 3.8) is 0 Å². The molecular formula is C25H40N6O2. The van der Waals surface area contributed by atoms with Crippen LogP contribution >= 0.6 is 0 Å². The minimum Gasteiger partial charge on any atom is -0.382 e. The van der Waals surface area contributed by atoms with Gasteiger partial charge in [0.15, 0.2) is 0 Å². The second-order valence-electron chi connectivity index (χ2n) is 8.90. The van der Waals surface area contributed by atoms with E-state index in [1.807, 2.05) is 23.8 Å². The minimum absolute atomic E-state index is 0.0370. The molecule has 1 saturated carbocycles. The van der Waals surface area contributed by atoms with E-state index in [9.17, 15) is 4.79 Å². The van der Waals surface area contributed by atoms with Crippen LogP contribution in [-0.4, -0.2) is 51.2 Å². The van der Waals surface area contributed by atoms with Crippen LogP contribution in [0.25, 0.3) is 5.95 Å². The van der Waals surface area contributed by atoms with Gasteiger partial charge in [0.25, 0.3) is 0 Å². The zero-order chi connectivity index (χ0) is 23.3. The number of anilines is 1. The molecule has 2 aromatic heterocycles. The molecule has 0 radical (unpaired) electrons. The molecule has 1 fully saturated rings. The van der Waals surface area contributed by atoms with E-state index in [0.29, 0.717) is 37.4 Å². The summed E-state index contributed by atoms with van der Waals surface area (Å²) in [7, 11) is 0. The summed E-state index contributed by atoms with van der Waals surface area (Å²) in [4.78, 5) is 26.7. The number of imidazole rings is 1. The molecule has 1 aliphatic carbocycles. The molecule has 0 spiro atoms. The molecule has 1 atom stereocenters. The van der Waals surface area contributed by atoms with Gasteiger partial charge in [-0.15, -0.1) is 0 Å². The monoisotopic (exact) mass is 456 g/mol. The van der Waals surface area contributed by atoms with Crippen molar-refractivity contribution in [2.24, 2.45) is 5.92 Å². The Morgan fingerprint density at radius 1 is 1.21 bits per heavy atom. The van der Waals surface area contributed by atoms with Crippen molar-refractivity contribution in [3.8, 4) is 5.95 Å². The minimum atomic E-state index is -0.315. The lowest BCUT2D eigenvalue weighted by Gasteiger charge is -2.27. The number of nitrogens with zero attached hydrogens (tertiary/aromatic N) is 4. The van der Waals surface area contributed by atoms with Gasteiger partial charge in [-0.25, -0.2) is 9.97 Å². The normalized spacial score (nSPS) is 15.3. The molecule has 0 aromatic carbocycles. The van der Waals surface area contributed by atoms with Gasteiger partial charge >= 0.3 is 0 Å². The van der Waals surface area contributed by atoms with Gasteiger partial charge in [-0.2, -0.15) is 4.98 Å². The Morgan fingerprint density at radius 2 is 2.06 bits per heavy atom. The van der Waals surface area contributed by atoms with Gasteiger partial charge in [-0.05, 0) is 38.5 Å². The molecule has 33 heavy (non-hydrogen) atoms. The van der Waals surface area contributed by atoms with E-state index in [2.05, 4.69) is 22.5 Å². The number of aryl methyl sites for hydroxylation is 1. The number of unbranched alkanes of at least 4 members (excludes halogenated alkanes) is 1. The van der Waals surface area contributed by atoms with E-state index in [1.54, 1.807) is 12.5 Å². The fraction of sp³-hybridized carbons (Fsp3) is 0.680. The molecule has 0 unspecified atom stereocenters. The largest absolute Gasteiger partial charge is 0.382 e. The highest BCUT2D eigenvalue weighted by Gasteiger charge is 2.25. The van der Waals surface area contributed by atoms with E-state index in [-0.39, 0.29) is 11.9 Å². The van der Waals surface area contributed by atoms with Crippen LogP contribution in [0.1, 0.15) is 77.3 Å². The number of aromatic nitrogens is 4. The van der Waals surface area contributed by atoms with Crippen LogP contribution in [0.4, 0.5) is 5.82 Å². The van der Waals surface area contributed by atoms with Crippen LogP contribution in [0.2, 0.25) is 0 Å². The van der Waals surface area contributed by atoms with Crippen molar-refractivity contribution >= 4 is 11.7 Å². The number of rotatable bonds is 14. The number of amides is 1. The number of carbonyl (C=O) groups is 1. The number of hydrogen-bond donors (Lipinski definition) is 2. The van der Waals surface area contributed by atoms with Crippen molar-refractivity contribution in [2.45, 2.75) is 84.1 Å². The van der Waals surface area contributed by atoms with Gasteiger partial charge < -0.3 is 15.4 Å². The summed E-state index contributed by atoms with van der Waals surface area (Å²) in [5.41, 5.74) is 0.978. The van der Waals surface area contributed by atoms with Crippen molar-refractivity contribution in [1.29, 1.82) is 0 Å². The maximum Gasteiger partial charge on any atom is 0.242 e. The molecule has 8 heteroatoms. The first-order chi connectivity index (χ1) is 16.2. The molecule has 3 rings (SSSR count). The van der Waals surface area contributed by atoms with Gasteiger partial charge in [0.05, 0.1) is 0 Å². The van der Waals surface area contributed by atoms with E-state index in [0.717, 1.165) is 37.8 Å². The molecule has 1 aliphatic rings. The molecule has 1 amide bonds. The first-order valence-electron chi connectivity index (χ1n) is 12.7. The van der Waals surface area contributed by atoms with E-state index < -0.39 is 0 Å². The van der Waals surface area contributed by atoms with Crippen molar-refractivity contribution in [2.75, 3.05) is 25.1 Å².